The third-order valence-corrected chi connectivity index (χ3v) is 3.24. The van der Waals surface area contributed by atoms with Crippen molar-refractivity contribution in [3.05, 3.63) is 34.8 Å². The molecular weight excluding hydrogens is 262 g/mol. The molecular formula is C13H15N3O2S. The van der Waals surface area contributed by atoms with Gasteiger partial charge in [0.2, 0.25) is 0 Å². The first kappa shape index (κ1) is 13.4. The van der Waals surface area contributed by atoms with Crippen molar-refractivity contribution >= 4 is 33.8 Å². The average Bonchev–Trinajstić information content (AvgIpc) is 2.82. The molecule has 100 valence electrons. The molecule has 2 rings (SSSR count). The summed E-state index contributed by atoms with van der Waals surface area (Å²) < 4.78 is 4.89. The highest BCUT2D eigenvalue weighted by Crippen LogP contribution is 2.25. The number of hydrogen-bond donors (Lipinski definition) is 2. The molecule has 6 heteroatoms. The van der Waals surface area contributed by atoms with Crippen LogP contribution in [0.15, 0.2) is 23.6 Å². The molecule has 0 atom stereocenters. The third kappa shape index (κ3) is 3.23. The highest BCUT2D eigenvalue weighted by Gasteiger charge is 2.11. The Hall–Kier alpha value is -2.08. The van der Waals surface area contributed by atoms with Crippen LogP contribution in [0, 0.1) is 6.92 Å². The maximum absolute atomic E-state index is 11.5. The predicted octanol–water partition coefficient (Wildman–Crippen LogP) is 2.95. The summed E-state index contributed by atoms with van der Waals surface area (Å²) in [4.78, 5) is 15.7. The van der Waals surface area contributed by atoms with E-state index in [9.17, 15) is 4.79 Å². The molecule has 0 fully saturated rings. The first-order chi connectivity index (χ1) is 9.10. The van der Waals surface area contributed by atoms with Crippen LogP contribution in [0.2, 0.25) is 0 Å². The van der Waals surface area contributed by atoms with Gasteiger partial charge in [-0.05, 0) is 37.6 Å². The SMILES string of the molecule is CCOC(=O)c1csc(Nc2ccc(N)cc2C)n1. The van der Waals surface area contributed by atoms with Crippen LogP contribution >= 0.6 is 11.3 Å². The number of anilines is 3. The van der Waals surface area contributed by atoms with Gasteiger partial charge in [0.1, 0.15) is 0 Å². The lowest BCUT2D eigenvalue weighted by Crippen LogP contribution is -2.05. The molecule has 0 saturated heterocycles. The second-order valence-corrected chi connectivity index (χ2v) is 4.82. The van der Waals surface area contributed by atoms with Crippen LogP contribution in [0.3, 0.4) is 0 Å². The van der Waals surface area contributed by atoms with Gasteiger partial charge in [0, 0.05) is 16.8 Å². The average molecular weight is 277 g/mol. The molecule has 0 amide bonds. The molecule has 0 aliphatic heterocycles. The molecule has 19 heavy (non-hydrogen) atoms. The van der Waals surface area contributed by atoms with Gasteiger partial charge < -0.3 is 15.8 Å². The van der Waals surface area contributed by atoms with Gasteiger partial charge in [0.05, 0.1) is 6.61 Å². The van der Waals surface area contributed by atoms with Crippen molar-refractivity contribution in [2.75, 3.05) is 17.7 Å². The Morgan fingerprint density at radius 1 is 1.53 bits per heavy atom. The lowest BCUT2D eigenvalue weighted by Gasteiger charge is -2.07. The fourth-order valence-corrected chi connectivity index (χ4v) is 2.26. The van der Waals surface area contributed by atoms with Crippen LogP contribution in [-0.2, 0) is 4.74 Å². The molecule has 0 unspecified atom stereocenters. The summed E-state index contributed by atoms with van der Waals surface area (Å²) in [5.74, 6) is -0.402. The number of nitrogens with one attached hydrogen (secondary N) is 1. The van der Waals surface area contributed by atoms with Crippen molar-refractivity contribution in [3.63, 3.8) is 0 Å². The van der Waals surface area contributed by atoms with E-state index in [2.05, 4.69) is 10.3 Å². The summed E-state index contributed by atoms with van der Waals surface area (Å²) in [5, 5.41) is 5.48. The molecule has 0 aliphatic rings. The van der Waals surface area contributed by atoms with E-state index in [1.54, 1.807) is 12.3 Å². The highest BCUT2D eigenvalue weighted by molar-refractivity contribution is 7.14. The van der Waals surface area contributed by atoms with Crippen molar-refractivity contribution in [2.24, 2.45) is 0 Å². The molecule has 0 aliphatic carbocycles. The first-order valence-electron chi connectivity index (χ1n) is 5.86. The largest absolute Gasteiger partial charge is 0.461 e. The number of benzene rings is 1. The maximum atomic E-state index is 11.5. The zero-order valence-corrected chi connectivity index (χ0v) is 11.6. The van der Waals surface area contributed by atoms with Crippen molar-refractivity contribution in [2.45, 2.75) is 13.8 Å². The monoisotopic (exact) mass is 277 g/mol. The van der Waals surface area contributed by atoms with Gasteiger partial charge in [0.15, 0.2) is 10.8 Å². The number of carbonyl (C=O) groups excluding carboxylic acids is 1. The van der Waals surface area contributed by atoms with Crippen LogP contribution in [0.1, 0.15) is 23.0 Å². The van der Waals surface area contributed by atoms with Gasteiger partial charge in [0.25, 0.3) is 0 Å². The number of esters is 1. The number of rotatable bonds is 4. The standard InChI is InChI=1S/C13H15N3O2S/c1-3-18-12(17)11-7-19-13(16-11)15-10-5-4-9(14)6-8(10)2/h4-7H,3,14H2,1-2H3,(H,15,16). The zero-order chi connectivity index (χ0) is 13.8. The second-order valence-electron chi connectivity index (χ2n) is 3.96. The summed E-state index contributed by atoms with van der Waals surface area (Å²) in [6.07, 6.45) is 0. The Kier molecular flexibility index (Phi) is 4.01. The fourth-order valence-electron chi connectivity index (χ4n) is 1.57. The number of aromatic nitrogens is 1. The van der Waals surface area contributed by atoms with Crippen LogP contribution in [0.5, 0.6) is 0 Å². The van der Waals surface area contributed by atoms with E-state index in [1.807, 2.05) is 25.1 Å². The minimum atomic E-state index is -0.402. The topological polar surface area (TPSA) is 77.2 Å². The number of thiazole rings is 1. The fraction of sp³-hybridized carbons (Fsp3) is 0.231. The zero-order valence-electron chi connectivity index (χ0n) is 10.8. The minimum absolute atomic E-state index is 0.322. The normalized spacial score (nSPS) is 10.2. The Morgan fingerprint density at radius 2 is 2.32 bits per heavy atom. The van der Waals surface area contributed by atoms with E-state index < -0.39 is 5.97 Å². The van der Waals surface area contributed by atoms with E-state index in [-0.39, 0.29) is 0 Å². The first-order valence-corrected chi connectivity index (χ1v) is 6.74. The van der Waals surface area contributed by atoms with E-state index in [4.69, 9.17) is 10.5 Å². The Labute approximate surface area is 115 Å². The van der Waals surface area contributed by atoms with Crippen LogP contribution in [0.25, 0.3) is 0 Å². The molecule has 2 aromatic rings. The number of nitrogens with zero attached hydrogens (tertiary/aromatic N) is 1. The number of aryl methyl sites for hydroxylation is 1. The van der Waals surface area contributed by atoms with Crippen LogP contribution in [-0.4, -0.2) is 17.6 Å². The van der Waals surface area contributed by atoms with E-state index in [0.29, 0.717) is 17.4 Å². The van der Waals surface area contributed by atoms with Crippen molar-refractivity contribution in [1.29, 1.82) is 0 Å². The summed E-state index contributed by atoms with van der Waals surface area (Å²) in [6.45, 7) is 4.07. The summed E-state index contributed by atoms with van der Waals surface area (Å²) in [5.41, 5.74) is 8.67. The quantitative estimate of drug-likeness (QED) is 0.663. The number of nitrogens with two attached hydrogens (primary N) is 1. The van der Waals surface area contributed by atoms with Gasteiger partial charge in [-0.2, -0.15) is 0 Å². The minimum Gasteiger partial charge on any atom is -0.461 e. The molecule has 1 aromatic heterocycles. The van der Waals surface area contributed by atoms with Gasteiger partial charge >= 0.3 is 5.97 Å². The Balaban J connectivity index is 2.13. The van der Waals surface area contributed by atoms with E-state index >= 15 is 0 Å². The predicted molar refractivity (Wildman–Crippen MR) is 76.9 cm³/mol. The third-order valence-electron chi connectivity index (χ3n) is 2.48. The number of nitrogen functional groups attached to an aromatic ring is 1. The number of ether oxygens (including phenoxy) is 1. The molecule has 0 bridgehead atoms. The van der Waals surface area contributed by atoms with E-state index in [0.717, 1.165) is 16.9 Å². The summed E-state index contributed by atoms with van der Waals surface area (Å²) in [6, 6.07) is 5.58. The van der Waals surface area contributed by atoms with Crippen molar-refractivity contribution in [1.82, 2.24) is 4.98 Å². The second kappa shape index (κ2) is 5.71. The number of carbonyl (C=O) groups is 1. The highest BCUT2D eigenvalue weighted by atomic mass is 32.1. The van der Waals surface area contributed by atoms with Gasteiger partial charge in [-0.25, -0.2) is 9.78 Å². The van der Waals surface area contributed by atoms with Crippen molar-refractivity contribution in [3.8, 4) is 0 Å². The molecule has 0 saturated carbocycles. The molecule has 0 radical (unpaired) electrons. The molecule has 0 spiro atoms. The Bertz CT molecular complexity index is 595. The van der Waals surface area contributed by atoms with Gasteiger partial charge in [-0.3, -0.25) is 0 Å². The van der Waals surface area contributed by atoms with Crippen molar-refractivity contribution < 1.29 is 9.53 Å². The summed E-state index contributed by atoms with van der Waals surface area (Å²) >= 11 is 1.36. The lowest BCUT2D eigenvalue weighted by atomic mass is 10.2. The Morgan fingerprint density at radius 3 is 3.00 bits per heavy atom. The molecule has 1 aromatic carbocycles. The van der Waals surface area contributed by atoms with E-state index in [1.165, 1.54) is 11.3 Å². The molecule has 5 nitrogen and oxygen atoms in total. The number of hydrogen-bond acceptors (Lipinski definition) is 6. The lowest BCUT2D eigenvalue weighted by molar-refractivity contribution is 0.0520. The van der Waals surface area contributed by atoms with Crippen LogP contribution < -0.4 is 11.1 Å². The maximum Gasteiger partial charge on any atom is 0.357 e. The summed E-state index contributed by atoms with van der Waals surface area (Å²) in [7, 11) is 0. The smallest absolute Gasteiger partial charge is 0.357 e. The van der Waals surface area contributed by atoms with Gasteiger partial charge in [-0.1, -0.05) is 0 Å². The van der Waals surface area contributed by atoms with Crippen LogP contribution in [0.4, 0.5) is 16.5 Å². The molecule has 3 N–H and O–H groups in total. The molecule has 1 heterocycles. The van der Waals surface area contributed by atoms with Gasteiger partial charge in [-0.15, -0.1) is 11.3 Å².